The molecule has 0 amide bonds. The number of pyridine rings is 1. The Kier molecular flexibility index (Phi) is 3.29. The molecule has 16 heavy (non-hydrogen) atoms. The van der Waals surface area contributed by atoms with Crippen LogP contribution >= 0.6 is 0 Å². The minimum Gasteiger partial charge on any atom is -0.396 e. The lowest BCUT2D eigenvalue weighted by Gasteiger charge is -2.18. The van der Waals surface area contributed by atoms with E-state index in [-0.39, 0.29) is 0 Å². The molecule has 0 unspecified atom stereocenters. The molecule has 0 aromatic carbocycles. The van der Waals surface area contributed by atoms with Crippen LogP contribution in [0.4, 0.5) is 11.5 Å². The number of aromatic nitrogens is 1. The Morgan fingerprint density at radius 1 is 1.56 bits per heavy atom. The van der Waals surface area contributed by atoms with Gasteiger partial charge in [-0.15, -0.1) is 0 Å². The first-order chi connectivity index (χ1) is 7.72. The van der Waals surface area contributed by atoms with E-state index in [4.69, 9.17) is 10.5 Å². The molecule has 2 atom stereocenters. The molecule has 4 heteroatoms. The minimum atomic E-state index is 0.575. The maximum atomic E-state index is 5.93. The largest absolute Gasteiger partial charge is 0.396 e. The van der Waals surface area contributed by atoms with E-state index in [0.717, 1.165) is 31.2 Å². The highest BCUT2D eigenvalue weighted by molar-refractivity contribution is 5.62. The first-order valence-corrected chi connectivity index (χ1v) is 5.66. The zero-order valence-electron chi connectivity index (χ0n) is 9.89. The molecule has 1 aliphatic heterocycles. The summed E-state index contributed by atoms with van der Waals surface area (Å²) in [6, 6.07) is 3.77. The number of methoxy groups -OCH3 is 1. The van der Waals surface area contributed by atoms with Gasteiger partial charge < -0.3 is 15.4 Å². The van der Waals surface area contributed by atoms with E-state index in [1.807, 2.05) is 12.1 Å². The fourth-order valence-electron chi connectivity index (χ4n) is 2.31. The molecule has 2 rings (SSSR count). The van der Waals surface area contributed by atoms with Gasteiger partial charge in [0.15, 0.2) is 5.82 Å². The number of ether oxygens (including phenoxy) is 1. The number of nitrogens with zero attached hydrogens (tertiary/aromatic N) is 2. The van der Waals surface area contributed by atoms with Gasteiger partial charge in [0.2, 0.25) is 0 Å². The summed E-state index contributed by atoms with van der Waals surface area (Å²) in [6.07, 6.45) is 1.79. The van der Waals surface area contributed by atoms with E-state index >= 15 is 0 Å². The monoisotopic (exact) mass is 221 g/mol. The van der Waals surface area contributed by atoms with Crippen LogP contribution in [-0.4, -0.2) is 31.8 Å². The third kappa shape index (κ3) is 2.11. The van der Waals surface area contributed by atoms with E-state index in [2.05, 4.69) is 16.8 Å². The van der Waals surface area contributed by atoms with E-state index < -0.39 is 0 Å². The second-order valence-corrected chi connectivity index (χ2v) is 4.51. The van der Waals surface area contributed by atoms with Crippen molar-refractivity contribution in [2.24, 2.45) is 11.8 Å². The van der Waals surface area contributed by atoms with Crippen molar-refractivity contribution in [1.82, 2.24) is 4.98 Å². The van der Waals surface area contributed by atoms with Gasteiger partial charge in [-0.25, -0.2) is 4.98 Å². The van der Waals surface area contributed by atoms with Crippen LogP contribution in [0.25, 0.3) is 0 Å². The van der Waals surface area contributed by atoms with E-state index in [0.29, 0.717) is 11.8 Å². The Bertz CT molecular complexity index is 356. The van der Waals surface area contributed by atoms with Crippen molar-refractivity contribution in [2.45, 2.75) is 6.92 Å². The molecule has 0 aliphatic carbocycles. The third-order valence-electron chi connectivity index (χ3n) is 3.27. The third-order valence-corrected chi connectivity index (χ3v) is 3.27. The summed E-state index contributed by atoms with van der Waals surface area (Å²) in [4.78, 5) is 6.60. The molecule has 1 aliphatic rings. The number of hydrogen-bond acceptors (Lipinski definition) is 4. The van der Waals surface area contributed by atoms with E-state index in [9.17, 15) is 0 Å². The lowest BCUT2D eigenvalue weighted by atomic mass is 10.00. The van der Waals surface area contributed by atoms with Crippen LogP contribution in [0.5, 0.6) is 0 Å². The standard InChI is InChI=1S/C12H19N3O/c1-9-6-15(7-10(9)8-16-2)12-11(13)4-3-5-14-12/h3-5,9-10H,6-8,13H2,1-2H3/t9-,10+/m0/s1. The van der Waals surface area contributed by atoms with Gasteiger partial charge in [-0.1, -0.05) is 6.92 Å². The molecule has 0 bridgehead atoms. The Labute approximate surface area is 96.4 Å². The first-order valence-electron chi connectivity index (χ1n) is 5.66. The summed E-state index contributed by atoms with van der Waals surface area (Å²) in [5.74, 6) is 2.11. The van der Waals surface area contributed by atoms with E-state index in [1.54, 1.807) is 13.3 Å². The van der Waals surface area contributed by atoms with Crippen LogP contribution in [0.15, 0.2) is 18.3 Å². The normalized spacial score (nSPS) is 25.0. The smallest absolute Gasteiger partial charge is 0.151 e. The zero-order chi connectivity index (χ0) is 11.5. The van der Waals surface area contributed by atoms with Crippen LogP contribution in [0.3, 0.4) is 0 Å². The fraction of sp³-hybridized carbons (Fsp3) is 0.583. The highest BCUT2D eigenvalue weighted by Gasteiger charge is 2.30. The maximum Gasteiger partial charge on any atom is 0.151 e. The topological polar surface area (TPSA) is 51.4 Å². The average Bonchev–Trinajstić information content (AvgIpc) is 2.61. The molecule has 1 aromatic heterocycles. The van der Waals surface area contributed by atoms with Gasteiger partial charge in [0.1, 0.15) is 0 Å². The van der Waals surface area contributed by atoms with Gasteiger partial charge in [-0.3, -0.25) is 0 Å². The molecule has 0 saturated carbocycles. The number of rotatable bonds is 3. The first kappa shape index (κ1) is 11.2. The second kappa shape index (κ2) is 4.70. The van der Waals surface area contributed by atoms with Crippen molar-refractivity contribution in [3.63, 3.8) is 0 Å². The quantitative estimate of drug-likeness (QED) is 0.838. The van der Waals surface area contributed by atoms with Crippen molar-refractivity contribution in [3.05, 3.63) is 18.3 Å². The van der Waals surface area contributed by atoms with Crippen molar-refractivity contribution in [1.29, 1.82) is 0 Å². The summed E-state index contributed by atoms with van der Waals surface area (Å²) in [5.41, 5.74) is 6.69. The average molecular weight is 221 g/mol. The fourth-order valence-corrected chi connectivity index (χ4v) is 2.31. The van der Waals surface area contributed by atoms with Crippen molar-refractivity contribution in [3.8, 4) is 0 Å². The highest BCUT2D eigenvalue weighted by atomic mass is 16.5. The van der Waals surface area contributed by atoms with Crippen molar-refractivity contribution < 1.29 is 4.74 Å². The predicted molar refractivity (Wildman–Crippen MR) is 65.4 cm³/mol. The van der Waals surface area contributed by atoms with Crippen LogP contribution < -0.4 is 10.6 Å². The van der Waals surface area contributed by atoms with Gasteiger partial charge >= 0.3 is 0 Å². The number of anilines is 2. The summed E-state index contributed by atoms with van der Waals surface area (Å²) < 4.78 is 5.23. The number of nitrogen functional groups attached to an aromatic ring is 1. The van der Waals surface area contributed by atoms with Crippen LogP contribution in [0, 0.1) is 11.8 Å². The maximum absolute atomic E-state index is 5.93. The molecular weight excluding hydrogens is 202 g/mol. The van der Waals surface area contributed by atoms with E-state index in [1.165, 1.54) is 0 Å². The lowest BCUT2D eigenvalue weighted by molar-refractivity contribution is 0.144. The Morgan fingerprint density at radius 2 is 2.38 bits per heavy atom. The van der Waals surface area contributed by atoms with Gasteiger partial charge in [0.25, 0.3) is 0 Å². The second-order valence-electron chi connectivity index (χ2n) is 4.51. The SMILES string of the molecule is COC[C@H]1CN(c2ncccc2N)C[C@@H]1C. The van der Waals surface area contributed by atoms with Gasteiger partial charge in [0, 0.05) is 32.3 Å². The highest BCUT2D eigenvalue weighted by Crippen LogP contribution is 2.29. The summed E-state index contributed by atoms with van der Waals surface area (Å²) in [6.45, 7) is 5.05. The predicted octanol–water partition coefficient (Wildman–Crippen LogP) is 1.38. The molecule has 1 fully saturated rings. The lowest BCUT2D eigenvalue weighted by Crippen LogP contribution is -2.23. The van der Waals surface area contributed by atoms with Gasteiger partial charge in [0.05, 0.1) is 12.3 Å². The molecule has 1 saturated heterocycles. The summed E-state index contributed by atoms with van der Waals surface area (Å²) in [5, 5.41) is 0. The zero-order valence-corrected chi connectivity index (χ0v) is 9.89. The molecular formula is C12H19N3O. The minimum absolute atomic E-state index is 0.575. The van der Waals surface area contributed by atoms with Gasteiger partial charge in [-0.2, -0.15) is 0 Å². The van der Waals surface area contributed by atoms with Crippen LogP contribution in [-0.2, 0) is 4.74 Å². The van der Waals surface area contributed by atoms with Gasteiger partial charge in [-0.05, 0) is 18.1 Å². The van der Waals surface area contributed by atoms with Crippen LogP contribution in [0.2, 0.25) is 0 Å². The molecule has 2 N–H and O–H groups in total. The molecule has 0 radical (unpaired) electrons. The Balaban J connectivity index is 2.11. The molecule has 88 valence electrons. The van der Waals surface area contributed by atoms with Crippen molar-refractivity contribution in [2.75, 3.05) is 37.4 Å². The summed E-state index contributed by atoms with van der Waals surface area (Å²) in [7, 11) is 1.75. The van der Waals surface area contributed by atoms with Crippen molar-refractivity contribution >= 4 is 11.5 Å². The Morgan fingerprint density at radius 3 is 3.06 bits per heavy atom. The summed E-state index contributed by atoms with van der Waals surface area (Å²) >= 11 is 0. The van der Waals surface area contributed by atoms with Crippen LogP contribution in [0.1, 0.15) is 6.92 Å². The number of nitrogens with two attached hydrogens (primary N) is 1. The molecule has 1 aromatic rings. The Hall–Kier alpha value is -1.29. The molecule has 2 heterocycles. The molecule has 4 nitrogen and oxygen atoms in total. The molecule has 0 spiro atoms. The number of hydrogen-bond donors (Lipinski definition) is 1.